The van der Waals surface area contributed by atoms with Gasteiger partial charge in [-0.2, -0.15) is 4.39 Å². The van der Waals surface area contributed by atoms with Gasteiger partial charge in [-0.1, -0.05) is 0 Å². The van der Waals surface area contributed by atoms with Crippen LogP contribution in [0.3, 0.4) is 0 Å². The Morgan fingerprint density at radius 1 is 1.47 bits per heavy atom. The number of carbonyl (C=O) groups is 1. The lowest BCUT2D eigenvalue weighted by molar-refractivity contribution is -0.387. The van der Waals surface area contributed by atoms with Gasteiger partial charge >= 0.3 is 5.69 Å². The minimum atomic E-state index is -1.45. The molecule has 6 nitrogen and oxygen atoms in total. The monoisotopic (exact) mass is 271 g/mol. The summed E-state index contributed by atoms with van der Waals surface area (Å²) < 4.78 is 27.2. The number of amides is 1. The third-order valence-electron chi connectivity index (χ3n) is 2.89. The second-order valence-electron chi connectivity index (χ2n) is 4.18. The van der Waals surface area contributed by atoms with E-state index in [1.165, 1.54) is 0 Å². The molecular weight excluding hydrogens is 260 g/mol. The fourth-order valence-corrected chi connectivity index (χ4v) is 1.93. The Morgan fingerprint density at radius 3 is 2.79 bits per heavy atom. The summed E-state index contributed by atoms with van der Waals surface area (Å²) in [6.45, 7) is 1.20. The van der Waals surface area contributed by atoms with Crippen molar-refractivity contribution in [2.45, 2.75) is 12.5 Å². The molecule has 1 aromatic rings. The standard InChI is InChI=1S/C11H11F2N3O3/c12-7-1-2-8(16(18)19)10(13)9(7)11(17)15-6-3-4-14-5-6/h1-2,6,14H,3-5H2,(H,15,17)/t6-/m0/s1. The summed E-state index contributed by atoms with van der Waals surface area (Å²) in [4.78, 5) is 21.3. The number of hydrogen-bond donors (Lipinski definition) is 2. The van der Waals surface area contributed by atoms with Crippen molar-refractivity contribution in [1.29, 1.82) is 0 Å². The minimum Gasteiger partial charge on any atom is -0.348 e. The smallest absolute Gasteiger partial charge is 0.305 e. The summed E-state index contributed by atoms with van der Waals surface area (Å²) in [6, 6.07) is 1.17. The summed E-state index contributed by atoms with van der Waals surface area (Å²) in [5.74, 6) is -3.55. The fraction of sp³-hybridized carbons (Fsp3) is 0.364. The quantitative estimate of drug-likeness (QED) is 0.633. The highest BCUT2D eigenvalue weighted by Crippen LogP contribution is 2.23. The fourth-order valence-electron chi connectivity index (χ4n) is 1.93. The maximum atomic E-state index is 13.8. The van der Waals surface area contributed by atoms with Crippen LogP contribution in [0.4, 0.5) is 14.5 Å². The molecule has 8 heteroatoms. The molecule has 0 bridgehead atoms. The molecule has 0 unspecified atom stereocenters. The number of nitro groups is 1. The Hall–Kier alpha value is -2.09. The lowest BCUT2D eigenvalue weighted by Gasteiger charge is -2.12. The molecule has 102 valence electrons. The molecule has 2 rings (SSSR count). The summed E-state index contributed by atoms with van der Waals surface area (Å²) in [5, 5.41) is 16.0. The van der Waals surface area contributed by atoms with E-state index in [9.17, 15) is 23.7 Å². The van der Waals surface area contributed by atoms with Crippen LogP contribution in [-0.4, -0.2) is 30.0 Å². The van der Waals surface area contributed by atoms with Crippen LogP contribution in [0.25, 0.3) is 0 Å². The Labute approximate surface area is 106 Å². The molecule has 1 heterocycles. The zero-order chi connectivity index (χ0) is 14.0. The number of nitrogens with one attached hydrogen (secondary N) is 2. The molecule has 1 aliphatic rings. The molecule has 0 aliphatic carbocycles. The van der Waals surface area contributed by atoms with Gasteiger partial charge in [0.2, 0.25) is 5.82 Å². The molecule has 1 amide bonds. The van der Waals surface area contributed by atoms with E-state index in [1.807, 2.05) is 0 Å². The zero-order valence-corrected chi connectivity index (χ0v) is 9.78. The van der Waals surface area contributed by atoms with E-state index in [2.05, 4.69) is 10.6 Å². The van der Waals surface area contributed by atoms with Gasteiger partial charge in [-0.15, -0.1) is 0 Å². The van der Waals surface area contributed by atoms with E-state index in [0.717, 1.165) is 0 Å². The van der Waals surface area contributed by atoms with Crippen LogP contribution in [0.15, 0.2) is 12.1 Å². The van der Waals surface area contributed by atoms with Crippen molar-refractivity contribution in [3.63, 3.8) is 0 Å². The number of hydrogen-bond acceptors (Lipinski definition) is 4. The number of nitrogens with zero attached hydrogens (tertiary/aromatic N) is 1. The molecule has 1 saturated heterocycles. The number of benzene rings is 1. The van der Waals surface area contributed by atoms with Crippen LogP contribution >= 0.6 is 0 Å². The molecule has 0 spiro atoms. The molecule has 0 aromatic heterocycles. The molecule has 0 saturated carbocycles. The molecule has 1 aromatic carbocycles. The normalized spacial score (nSPS) is 18.3. The van der Waals surface area contributed by atoms with Crippen LogP contribution in [-0.2, 0) is 0 Å². The lowest BCUT2D eigenvalue weighted by Crippen LogP contribution is -2.37. The molecule has 1 aliphatic heterocycles. The van der Waals surface area contributed by atoms with Gasteiger partial charge in [0.25, 0.3) is 5.91 Å². The molecule has 0 radical (unpaired) electrons. The summed E-state index contributed by atoms with van der Waals surface area (Å²) >= 11 is 0. The lowest BCUT2D eigenvalue weighted by atomic mass is 10.1. The Morgan fingerprint density at radius 2 is 2.21 bits per heavy atom. The number of halogens is 2. The van der Waals surface area contributed by atoms with Gasteiger partial charge in [-0.05, 0) is 19.0 Å². The maximum Gasteiger partial charge on any atom is 0.305 e. The van der Waals surface area contributed by atoms with Gasteiger partial charge in [-0.25, -0.2) is 4.39 Å². The van der Waals surface area contributed by atoms with Crippen LogP contribution in [0.5, 0.6) is 0 Å². The van der Waals surface area contributed by atoms with Crippen molar-refractivity contribution in [1.82, 2.24) is 10.6 Å². The van der Waals surface area contributed by atoms with Crippen molar-refractivity contribution in [3.8, 4) is 0 Å². The molecule has 2 N–H and O–H groups in total. The molecule has 1 fully saturated rings. The van der Waals surface area contributed by atoms with Crippen molar-refractivity contribution in [2.75, 3.05) is 13.1 Å². The number of nitro benzene ring substituents is 1. The summed E-state index contributed by atoms with van der Waals surface area (Å²) in [5.41, 5.74) is -1.84. The van der Waals surface area contributed by atoms with E-state index in [-0.39, 0.29) is 6.04 Å². The Kier molecular flexibility index (Phi) is 3.70. The van der Waals surface area contributed by atoms with E-state index in [0.29, 0.717) is 31.6 Å². The highest BCUT2D eigenvalue weighted by Gasteiger charge is 2.28. The molecule has 1 atom stereocenters. The predicted octanol–water partition coefficient (Wildman–Crippen LogP) is 0.965. The van der Waals surface area contributed by atoms with Crippen LogP contribution in [0, 0.1) is 21.7 Å². The van der Waals surface area contributed by atoms with E-state index < -0.39 is 33.7 Å². The van der Waals surface area contributed by atoms with Crippen molar-refractivity contribution in [2.24, 2.45) is 0 Å². The SMILES string of the molecule is O=C(N[C@H]1CCNC1)c1c(F)ccc([N+](=O)[O-])c1F. The first kappa shape index (κ1) is 13.3. The van der Waals surface area contributed by atoms with Crippen molar-refractivity contribution >= 4 is 11.6 Å². The first-order valence-corrected chi connectivity index (χ1v) is 5.64. The van der Waals surface area contributed by atoms with Gasteiger partial charge in [0.1, 0.15) is 11.4 Å². The van der Waals surface area contributed by atoms with Gasteiger partial charge in [0.05, 0.1) is 4.92 Å². The second-order valence-corrected chi connectivity index (χ2v) is 4.18. The zero-order valence-electron chi connectivity index (χ0n) is 9.78. The maximum absolute atomic E-state index is 13.8. The first-order valence-electron chi connectivity index (χ1n) is 5.64. The Balaban J connectivity index is 2.29. The van der Waals surface area contributed by atoms with Crippen molar-refractivity contribution in [3.05, 3.63) is 39.4 Å². The third-order valence-corrected chi connectivity index (χ3v) is 2.89. The van der Waals surface area contributed by atoms with Crippen LogP contribution in [0.2, 0.25) is 0 Å². The van der Waals surface area contributed by atoms with Crippen LogP contribution < -0.4 is 10.6 Å². The number of carbonyl (C=O) groups excluding carboxylic acids is 1. The third kappa shape index (κ3) is 2.68. The number of rotatable bonds is 3. The summed E-state index contributed by atoms with van der Waals surface area (Å²) in [6.07, 6.45) is 0.643. The van der Waals surface area contributed by atoms with E-state index in [4.69, 9.17) is 0 Å². The van der Waals surface area contributed by atoms with Gasteiger partial charge in [0, 0.05) is 18.7 Å². The first-order chi connectivity index (χ1) is 9.00. The van der Waals surface area contributed by atoms with Crippen LogP contribution in [0.1, 0.15) is 16.8 Å². The highest BCUT2D eigenvalue weighted by molar-refractivity contribution is 5.95. The average molecular weight is 271 g/mol. The van der Waals surface area contributed by atoms with E-state index in [1.54, 1.807) is 0 Å². The minimum absolute atomic E-state index is 0.231. The highest BCUT2D eigenvalue weighted by atomic mass is 19.1. The second kappa shape index (κ2) is 5.27. The summed E-state index contributed by atoms with van der Waals surface area (Å²) in [7, 11) is 0. The largest absolute Gasteiger partial charge is 0.348 e. The predicted molar refractivity (Wildman–Crippen MR) is 61.8 cm³/mol. The molecular formula is C11H11F2N3O3. The average Bonchev–Trinajstić information content (AvgIpc) is 2.81. The van der Waals surface area contributed by atoms with Crippen molar-refractivity contribution < 1.29 is 18.5 Å². The Bertz CT molecular complexity index is 530. The van der Waals surface area contributed by atoms with Gasteiger partial charge in [0.15, 0.2) is 0 Å². The van der Waals surface area contributed by atoms with E-state index >= 15 is 0 Å². The molecule has 19 heavy (non-hydrogen) atoms. The topological polar surface area (TPSA) is 84.3 Å². The van der Waals surface area contributed by atoms with Gasteiger partial charge < -0.3 is 10.6 Å². The van der Waals surface area contributed by atoms with Gasteiger partial charge in [-0.3, -0.25) is 14.9 Å².